The van der Waals surface area contributed by atoms with E-state index in [2.05, 4.69) is 49.2 Å². The number of halogens is 1. The Labute approximate surface area is 257 Å². The van der Waals surface area contributed by atoms with Gasteiger partial charge in [0.1, 0.15) is 11.6 Å². The molecule has 7 aromatic rings. The largest absolute Gasteiger partial charge is 2.00 e. The van der Waals surface area contributed by atoms with Crippen LogP contribution in [-0.2, 0) is 21.1 Å². The van der Waals surface area contributed by atoms with E-state index in [1.807, 2.05) is 76.8 Å². The fourth-order valence-corrected chi connectivity index (χ4v) is 5.49. The van der Waals surface area contributed by atoms with E-state index in [-0.39, 0.29) is 26.9 Å². The Hall–Kier alpha value is -4.54. The monoisotopic (exact) mass is 731 g/mol. The number of rotatable bonds is 5. The van der Waals surface area contributed by atoms with Crippen LogP contribution in [0.25, 0.3) is 44.4 Å². The molecule has 0 radical (unpaired) electrons. The van der Waals surface area contributed by atoms with Gasteiger partial charge in [0.25, 0.3) is 0 Å². The molecular formula is C35H25FN4OPt. The first-order chi connectivity index (χ1) is 20.0. The number of aryl methyl sites for hydroxylation is 2. The minimum Gasteiger partial charge on any atom is -0.509 e. The standard InChI is InChI=1S/C35H25FN4O.Pt/c1-22-12-15-32-31(18-22)30-14-13-29(21-33(30)39(32)34-19-26(36)16-17-37-34)41-28-11-7-10-27(20-28)40-24(3)35(23(2)38-40)25-8-5-4-6-9-25;/h4-19H,1-3H3;/q-2;+2. The maximum atomic E-state index is 14.2. The first-order valence-corrected chi connectivity index (χ1v) is 13.4. The predicted octanol–water partition coefficient (Wildman–Crippen LogP) is 8.49. The van der Waals surface area contributed by atoms with Gasteiger partial charge in [-0.1, -0.05) is 53.5 Å². The van der Waals surface area contributed by atoms with Gasteiger partial charge in [-0.05, 0) is 49.5 Å². The first-order valence-electron chi connectivity index (χ1n) is 13.4. The van der Waals surface area contributed by atoms with Crippen molar-refractivity contribution in [1.82, 2.24) is 19.3 Å². The number of nitrogens with zero attached hydrogens (tertiary/aromatic N) is 4. The molecule has 0 saturated heterocycles. The molecule has 0 aliphatic carbocycles. The zero-order chi connectivity index (χ0) is 28.1. The van der Waals surface area contributed by atoms with Crippen LogP contribution in [0.15, 0.2) is 97.2 Å². The van der Waals surface area contributed by atoms with Crippen LogP contribution in [0.1, 0.15) is 17.0 Å². The van der Waals surface area contributed by atoms with Crippen LogP contribution in [0.5, 0.6) is 11.5 Å². The maximum absolute atomic E-state index is 14.2. The van der Waals surface area contributed by atoms with Gasteiger partial charge < -0.3 is 9.30 Å². The molecule has 3 heterocycles. The van der Waals surface area contributed by atoms with Crippen molar-refractivity contribution >= 4 is 21.8 Å². The summed E-state index contributed by atoms with van der Waals surface area (Å²) in [7, 11) is 0. The Morgan fingerprint density at radius 3 is 2.40 bits per heavy atom. The first kappa shape index (κ1) is 27.6. The van der Waals surface area contributed by atoms with Crippen molar-refractivity contribution in [3.8, 4) is 34.1 Å². The molecule has 208 valence electrons. The van der Waals surface area contributed by atoms with Crippen LogP contribution >= 0.6 is 0 Å². The Morgan fingerprint density at radius 2 is 1.60 bits per heavy atom. The molecule has 4 aromatic carbocycles. The van der Waals surface area contributed by atoms with Gasteiger partial charge in [0.2, 0.25) is 0 Å². The predicted molar refractivity (Wildman–Crippen MR) is 159 cm³/mol. The molecule has 0 aliphatic heterocycles. The van der Waals surface area contributed by atoms with E-state index in [4.69, 9.17) is 9.84 Å². The molecule has 0 bridgehead atoms. The van der Waals surface area contributed by atoms with Crippen LogP contribution in [0.3, 0.4) is 0 Å². The van der Waals surface area contributed by atoms with Crippen molar-refractivity contribution in [2.24, 2.45) is 0 Å². The van der Waals surface area contributed by atoms with E-state index < -0.39 is 0 Å². The van der Waals surface area contributed by atoms with Gasteiger partial charge in [0.05, 0.1) is 5.69 Å². The molecule has 3 aromatic heterocycles. The zero-order valence-corrected chi connectivity index (χ0v) is 25.4. The summed E-state index contributed by atoms with van der Waals surface area (Å²) in [6, 6.07) is 35.6. The van der Waals surface area contributed by atoms with Crippen molar-refractivity contribution < 1.29 is 30.2 Å². The van der Waals surface area contributed by atoms with Gasteiger partial charge in [0.15, 0.2) is 0 Å². The molecule has 0 aliphatic rings. The minimum atomic E-state index is -0.351. The molecule has 0 fully saturated rings. The number of aromatic nitrogens is 4. The van der Waals surface area contributed by atoms with Crippen molar-refractivity contribution in [3.63, 3.8) is 0 Å². The molecule has 7 heteroatoms. The second kappa shape index (κ2) is 11.0. The average Bonchev–Trinajstić information content (AvgIpc) is 3.46. The third kappa shape index (κ3) is 4.82. The summed E-state index contributed by atoms with van der Waals surface area (Å²) in [4.78, 5) is 4.45. The van der Waals surface area contributed by atoms with E-state index in [1.54, 1.807) is 0 Å². The van der Waals surface area contributed by atoms with Crippen molar-refractivity contribution in [3.05, 3.63) is 132 Å². The molecule has 0 N–H and O–H groups in total. The molecule has 5 nitrogen and oxygen atoms in total. The van der Waals surface area contributed by atoms with Crippen LogP contribution in [0.4, 0.5) is 4.39 Å². The molecule has 42 heavy (non-hydrogen) atoms. The van der Waals surface area contributed by atoms with Gasteiger partial charge in [0, 0.05) is 40.5 Å². The Bertz CT molecular complexity index is 2080. The van der Waals surface area contributed by atoms with Crippen LogP contribution in [-0.4, -0.2) is 19.3 Å². The van der Waals surface area contributed by atoms with Gasteiger partial charge in [-0.3, -0.25) is 4.68 Å². The van der Waals surface area contributed by atoms with E-state index in [9.17, 15) is 4.39 Å². The number of hydrogen-bond donors (Lipinski definition) is 0. The fourth-order valence-electron chi connectivity index (χ4n) is 5.49. The van der Waals surface area contributed by atoms with Gasteiger partial charge in [-0.25, -0.2) is 9.37 Å². The molecule has 0 amide bonds. The van der Waals surface area contributed by atoms with Crippen molar-refractivity contribution in [2.45, 2.75) is 20.8 Å². The van der Waals surface area contributed by atoms with Crippen molar-refractivity contribution in [1.29, 1.82) is 0 Å². The molecule has 0 saturated carbocycles. The maximum Gasteiger partial charge on any atom is 2.00 e. The SMILES string of the molecule is Cc1ccc2c(c1)c1ccc(Oc3[c-]c(-n4nc(C)c(-c5ccccc5)c4C)ccc3)[c-]c1n2-c1cc(F)ccn1.[Pt+2]. The fraction of sp³-hybridized carbons (Fsp3) is 0.0857. The summed E-state index contributed by atoms with van der Waals surface area (Å²) in [6.45, 7) is 6.13. The summed E-state index contributed by atoms with van der Waals surface area (Å²) in [6.07, 6.45) is 1.47. The smallest absolute Gasteiger partial charge is 0.509 e. The van der Waals surface area contributed by atoms with Gasteiger partial charge in [-0.15, -0.1) is 35.7 Å². The quantitative estimate of drug-likeness (QED) is 0.167. The third-order valence-corrected chi connectivity index (χ3v) is 7.30. The second-order valence-electron chi connectivity index (χ2n) is 10.1. The molecule has 7 rings (SSSR count). The summed E-state index contributed by atoms with van der Waals surface area (Å²) < 4.78 is 24.3. The van der Waals surface area contributed by atoms with Gasteiger partial charge >= 0.3 is 21.1 Å². The Kier molecular flexibility index (Phi) is 7.26. The van der Waals surface area contributed by atoms with E-state index in [0.717, 1.165) is 55.6 Å². The molecular weight excluding hydrogens is 706 g/mol. The third-order valence-electron chi connectivity index (χ3n) is 7.30. The van der Waals surface area contributed by atoms with Gasteiger partial charge in [-0.2, -0.15) is 17.2 Å². The topological polar surface area (TPSA) is 44.9 Å². The summed E-state index contributed by atoms with van der Waals surface area (Å²) in [5.41, 5.74) is 7.79. The van der Waals surface area contributed by atoms with Crippen LogP contribution in [0, 0.1) is 38.7 Å². The number of hydrogen-bond acceptors (Lipinski definition) is 3. The van der Waals surface area contributed by atoms with E-state index >= 15 is 0 Å². The minimum absolute atomic E-state index is 0. The zero-order valence-electron chi connectivity index (χ0n) is 23.1. The summed E-state index contributed by atoms with van der Waals surface area (Å²) in [5, 5.41) is 6.84. The Morgan fingerprint density at radius 1 is 0.786 bits per heavy atom. The Balaban J connectivity index is 0.00000316. The number of benzene rings is 4. The number of ether oxygens (including phenoxy) is 1. The van der Waals surface area contributed by atoms with E-state index in [1.165, 1.54) is 18.3 Å². The van der Waals surface area contributed by atoms with E-state index in [0.29, 0.717) is 17.3 Å². The number of fused-ring (bicyclic) bond motifs is 3. The molecule has 0 atom stereocenters. The summed E-state index contributed by atoms with van der Waals surface area (Å²) >= 11 is 0. The number of pyridine rings is 1. The molecule has 0 spiro atoms. The van der Waals surface area contributed by atoms with Crippen LogP contribution in [0.2, 0.25) is 0 Å². The molecule has 0 unspecified atom stereocenters. The normalized spacial score (nSPS) is 11.1. The second-order valence-corrected chi connectivity index (χ2v) is 10.1. The average molecular weight is 732 g/mol. The van der Waals surface area contributed by atoms with Crippen LogP contribution < -0.4 is 4.74 Å². The van der Waals surface area contributed by atoms with Crippen molar-refractivity contribution in [2.75, 3.05) is 0 Å². The summed E-state index contributed by atoms with van der Waals surface area (Å²) in [5.74, 6) is 1.18.